The fourth-order valence-corrected chi connectivity index (χ4v) is 3.42. The Hall–Kier alpha value is -1.33. The van der Waals surface area contributed by atoms with Crippen LogP contribution in [0.5, 0.6) is 0 Å². The normalized spacial score (nSPS) is 33.6. The van der Waals surface area contributed by atoms with E-state index < -0.39 is 0 Å². The van der Waals surface area contributed by atoms with Crippen LogP contribution >= 0.6 is 0 Å². The van der Waals surface area contributed by atoms with E-state index in [0.29, 0.717) is 6.10 Å². The number of fused-ring (bicyclic) bond motifs is 2. The standard InChI is InChI=1S/C16H19NO/c1-11-3-4-13(7-12(11)2)8-16(10-17)9-14-5-6-15(16)18-14/h3-4,7,14-15H,5-6,8-9H2,1-2H3. The van der Waals surface area contributed by atoms with Gasteiger partial charge in [0.1, 0.15) is 0 Å². The predicted molar refractivity (Wildman–Crippen MR) is 70.2 cm³/mol. The van der Waals surface area contributed by atoms with Crippen molar-refractivity contribution in [2.45, 2.75) is 51.7 Å². The van der Waals surface area contributed by atoms with E-state index in [1.807, 2.05) is 0 Å². The summed E-state index contributed by atoms with van der Waals surface area (Å²) in [4.78, 5) is 0. The Morgan fingerprint density at radius 2 is 2.17 bits per heavy atom. The second-order valence-corrected chi connectivity index (χ2v) is 5.89. The summed E-state index contributed by atoms with van der Waals surface area (Å²) >= 11 is 0. The third-order valence-corrected chi connectivity index (χ3v) is 4.63. The molecule has 3 unspecified atom stereocenters. The molecule has 0 saturated carbocycles. The van der Waals surface area contributed by atoms with Crippen molar-refractivity contribution < 1.29 is 4.74 Å². The van der Waals surface area contributed by atoms with Crippen LogP contribution in [0.3, 0.4) is 0 Å². The number of ether oxygens (including phenoxy) is 1. The molecule has 3 rings (SSSR count). The third-order valence-electron chi connectivity index (χ3n) is 4.63. The summed E-state index contributed by atoms with van der Waals surface area (Å²) in [6, 6.07) is 9.11. The molecule has 2 fully saturated rings. The van der Waals surface area contributed by atoms with Crippen molar-refractivity contribution in [3.63, 3.8) is 0 Å². The van der Waals surface area contributed by atoms with Gasteiger partial charge in [0.15, 0.2) is 0 Å². The van der Waals surface area contributed by atoms with Gasteiger partial charge in [0, 0.05) is 0 Å². The molecular formula is C16H19NO. The van der Waals surface area contributed by atoms with Gasteiger partial charge in [-0.2, -0.15) is 5.26 Å². The maximum atomic E-state index is 9.59. The minimum absolute atomic E-state index is 0.161. The van der Waals surface area contributed by atoms with E-state index in [2.05, 4.69) is 38.1 Å². The summed E-state index contributed by atoms with van der Waals surface area (Å²) in [6.45, 7) is 4.26. The van der Waals surface area contributed by atoms with E-state index in [9.17, 15) is 5.26 Å². The smallest absolute Gasteiger partial charge is 0.0899 e. The van der Waals surface area contributed by atoms with E-state index in [1.165, 1.54) is 16.7 Å². The fraction of sp³-hybridized carbons (Fsp3) is 0.562. The highest BCUT2D eigenvalue weighted by molar-refractivity contribution is 5.32. The van der Waals surface area contributed by atoms with Crippen molar-refractivity contribution in [3.8, 4) is 6.07 Å². The first-order valence-corrected chi connectivity index (χ1v) is 6.76. The molecule has 0 radical (unpaired) electrons. The van der Waals surface area contributed by atoms with Crippen LogP contribution in [0.1, 0.15) is 36.0 Å². The lowest BCUT2D eigenvalue weighted by Crippen LogP contribution is -2.33. The zero-order valence-electron chi connectivity index (χ0n) is 11.1. The van der Waals surface area contributed by atoms with Gasteiger partial charge in [-0.3, -0.25) is 0 Å². The van der Waals surface area contributed by atoms with Crippen molar-refractivity contribution in [3.05, 3.63) is 34.9 Å². The molecule has 1 aromatic carbocycles. The quantitative estimate of drug-likeness (QED) is 0.795. The lowest BCUT2D eigenvalue weighted by atomic mass is 9.71. The first-order valence-electron chi connectivity index (χ1n) is 6.76. The SMILES string of the molecule is Cc1ccc(CC2(C#N)CC3CCC2O3)cc1C. The molecular weight excluding hydrogens is 222 g/mol. The Morgan fingerprint density at radius 3 is 2.72 bits per heavy atom. The highest BCUT2D eigenvalue weighted by Crippen LogP contribution is 2.49. The van der Waals surface area contributed by atoms with Crippen LogP contribution in [0.4, 0.5) is 0 Å². The van der Waals surface area contributed by atoms with E-state index in [-0.39, 0.29) is 11.5 Å². The van der Waals surface area contributed by atoms with Crippen LogP contribution < -0.4 is 0 Å². The Morgan fingerprint density at radius 1 is 1.33 bits per heavy atom. The van der Waals surface area contributed by atoms with Crippen molar-refractivity contribution >= 4 is 0 Å². The molecule has 18 heavy (non-hydrogen) atoms. The minimum Gasteiger partial charge on any atom is -0.373 e. The zero-order valence-corrected chi connectivity index (χ0v) is 11.1. The molecule has 0 N–H and O–H groups in total. The second kappa shape index (κ2) is 4.10. The molecule has 2 aliphatic rings. The van der Waals surface area contributed by atoms with Gasteiger partial charge in [0.25, 0.3) is 0 Å². The number of rotatable bonds is 2. The summed E-state index contributed by atoms with van der Waals surface area (Å²) in [5.41, 5.74) is 3.62. The molecule has 0 amide bonds. The lowest BCUT2D eigenvalue weighted by Gasteiger charge is -2.28. The van der Waals surface area contributed by atoms with E-state index in [1.54, 1.807) is 0 Å². The first-order chi connectivity index (χ1) is 8.63. The van der Waals surface area contributed by atoms with Crippen molar-refractivity contribution in [1.82, 2.24) is 0 Å². The largest absolute Gasteiger partial charge is 0.373 e. The lowest BCUT2D eigenvalue weighted by molar-refractivity contribution is 0.0787. The van der Waals surface area contributed by atoms with Gasteiger partial charge in [-0.05, 0) is 56.2 Å². The Labute approximate surface area is 109 Å². The summed E-state index contributed by atoms with van der Waals surface area (Å²) in [7, 11) is 0. The number of nitriles is 1. The number of benzene rings is 1. The van der Waals surface area contributed by atoms with E-state index in [0.717, 1.165) is 25.7 Å². The maximum absolute atomic E-state index is 9.59. The van der Waals surface area contributed by atoms with Gasteiger partial charge in [-0.15, -0.1) is 0 Å². The Kier molecular flexibility index (Phi) is 2.68. The van der Waals surface area contributed by atoms with Crippen LogP contribution in [0, 0.1) is 30.6 Å². The first kappa shape index (κ1) is 11.7. The second-order valence-electron chi connectivity index (χ2n) is 5.89. The number of nitrogens with zero attached hydrogens (tertiary/aromatic N) is 1. The van der Waals surface area contributed by atoms with Crippen LogP contribution in [-0.4, -0.2) is 12.2 Å². The molecule has 2 heterocycles. The highest BCUT2D eigenvalue weighted by atomic mass is 16.5. The summed E-state index contributed by atoms with van der Waals surface area (Å²) in [6.07, 6.45) is 4.45. The Balaban J connectivity index is 1.87. The molecule has 0 spiro atoms. The van der Waals surface area contributed by atoms with Gasteiger partial charge in [-0.25, -0.2) is 0 Å². The van der Waals surface area contributed by atoms with Crippen LogP contribution in [0.15, 0.2) is 18.2 Å². The van der Waals surface area contributed by atoms with E-state index in [4.69, 9.17) is 4.74 Å². The average molecular weight is 241 g/mol. The molecule has 0 aromatic heterocycles. The minimum atomic E-state index is -0.273. The topological polar surface area (TPSA) is 33.0 Å². The number of aryl methyl sites for hydroxylation is 2. The van der Waals surface area contributed by atoms with Gasteiger partial charge in [-0.1, -0.05) is 18.2 Å². The molecule has 1 aromatic rings. The number of hydrogen-bond acceptors (Lipinski definition) is 2. The fourth-order valence-electron chi connectivity index (χ4n) is 3.42. The van der Waals surface area contributed by atoms with Crippen molar-refractivity contribution in [2.75, 3.05) is 0 Å². The van der Waals surface area contributed by atoms with Gasteiger partial charge in [0.05, 0.1) is 23.7 Å². The molecule has 0 aliphatic carbocycles. The third kappa shape index (κ3) is 1.74. The molecule has 2 nitrogen and oxygen atoms in total. The van der Waals surface area contributed by atoms with Crippen LogP contribution in [-0.2, 0) is 11.2 Å². The molecule has 2 bridgehead atoms. The Bertz CT molecular complexity index is 516. The van der Waals surface area contributed by atoms with Gasteiger partial charge < -0.3 is 4.74 Å². The van der Waals surface area contributed by atoms with Crippen molar-refractivity contribution in [1.29, 1.82) is 5.26 Å². The summed E-state index contributed by atoms with van der Waals surface area (Å²) in [5.74, 6) is 0. The predicted octanol–water partition coefficient (Wildman–Crippen LogP) is 3.31. The van der Waals surface area contributed by atoms with E-state index >= 15 is 0 Å². The summed E-state index contributed by atoms with van der Waals surface area (Å²) in [5, 5.41) is 9.59. The molecule has 2 saturated heterocycles. The van der Waals surface area contributed by atoms with Gasteiger partial charge in [0.2, 0.25) is 0 Å². The monoisotopic (exact) mass is 241 g/mol. The molecule has 2 heteroatoms. The molecule has 3 atom stereocenters. The molecule has 94 valence electrons. The molecule has 2 aliphatic heterocycles. The number of hydrogen-bond donors (Lipinski definition) is 0. The summed E-state index contributed by atoms with van der Waals surface area (Å²) < 4.78 is 5.88. The van der Waals surface area contributed by atoms with Crippen LogP contribution in [0.2, 0.25) is 0 Å². The van der Waals surface area contributed by atoms with Gasteiger partial charge >= 0.3 is 0 Å². The van der Waals surface area contributed by atoms with Crippen LogP contribution in [0.25, 0.3) is 0 Å². The average Bonchev–Trinajstić information content (AvgIpc) is 2.94. The van der Waals surface area contributed by atoms with Crippen molar-refractivity contribution in [2.24, 2.45) is 5.41 Å². The maximum Gasteiger partial charge on any atom is 0.0899 e. The highest BCUT2D eigenvalue weighted by Gasteiger charge is 2.52. The zero-order chi connectivity index (χ0) is 12.8.